The summed E-state index contributed by atoms with van der Waals surface area (Å²) in [5.41, 5.74) is 2.58. The number of carbonyl (C=O) groups excluding carboxylic acids is 2. The molecule has 0 aromatic heterocycles. The normalized spacial score (nSPS) is 10.3. The van der Waals surface area contributed by atoms with Gasteiger partial charge < -0.3 is 15.3 Å². The van der Waals surface area contributed by atoms with Crippen LogP contribution in [0.4, 0.5) is 0 Å². The van der Waals surface area contributed by atoms with E-state index in [-0.39, 0.29) is 18.4 Å². The summed E-state index contributed by atoms with van der Waals surface area (Å²) in [7, 11) is 1.72. The van der Waals surface area contributed by atoms with Crippen LogP contribution in [0, 0.1) is 0 Å². The minimum absolute atomic E-state index is 0.0701. The van der Waals surface area contributed by atoms with Crippen LogP contribution in [0.3, 0.4) is 0 Å². The average molecular weight is 326 g/mol. The summed E-state index contributed by atoms with van der Waals surface area (Å²) in [5.74, 6) is -0.366. The second kappa shape index (κ2) is 8.26. The third kappa shape index (κ3) is 4.20. The highest BCUT2D eigenvalue weighted by Gasteiger charge is 2.13. The van der Waals surface area contributed by atoms with E-state index < -0.39 is 0 Å². The van der Waals surface area contributed by atoms with Gasteiger partial charge in [0.1, 0.15) is 0 Å². The van der Waals surface area contributed by atoms with Gasteiger partial charge in [-0.15, -0.1) is 0 Å². The number of aliphatic hydroxyl groups is 1. The zero-order valence-corrected chi connectivity index (χ0v) is 14.0. The van der Waals surface area contributed by atoms with Crippen molar-refractivity contribution >= 4 is 11.8 Å². The van der Waals surface area contributed by atoms with Crippen LogP contribution >= 0.6 is 0 Å². The lowest BCUT2D eigenvalue weighted by Gasteiger charge is -2.15. The first-order chi connectivity index (χ1) is 11.6. The molecule has 2 aromatic carbocycles. The van der Waals surface area contributed by atoms with Crippen molar-refractivity contribution in [3.8, 4) is 0 Å². The average Bonchev–Trinajstić information content (AvgIpc) is 2.65. The van der Waals surface area contributed by atoms with E-state index in [1.807, 2.05) is 31.2 Å². The second-order valence-corrected chi connectivity index (χ2v) is 5.51. The number of nitrogens with zero attached hydrogens (tertiary/aromatic N) is 1. The summed E-state index contributed by atoms with van der Waals surface area (Å²) in [5, 5.41) is 12.1. The topological polar surface area (TPSA) is 69.6 Å². The van der Waals surface area contributed by atoms with Gasteiger partial charge in [-0.05, 0) is 36.2 Å². The SMILES string of the molecule is CCN(C)C(=O)c1cccc(C(=O)NCc2ccccc2CO)c1. The van der Waals surface area contributed by atoms with E-state index in [0.717, 1.165) is 11.1 Å². The minimum Gasteiger partial charge on any atom is -0.392 e. The van der Waals surface area contributed by atoms with Crippen LogP contribution in [0.1, 0.15) is 38.8 Å². The van der Waals surface area contributed by atoms with E-state index in [1.165, 1.54) is 0 Å². The molecular weight excluding hydrogens is 304 g/mol. The van der Waals surface area contributed by atoms with Crippen molar-refractivity contribution in [1.29, 1.82) is 0 Å². The Bertz CT molecular complexity index is 728. The molecule has 0 bridgehead atoms. The van der Waals surface area contributed by atoms with Crippen LogP contribution in [0.15, 0.2) is 48.5 Å². The molecule has 5 heteroatoms. The lowest BCUT2D eigenvalue weighted by atomic mass is 10.1. The molecular formula is C19H22N2O3. The highest BCUT2D eigenvalue weighted by Crippen LogP contribution is 2.10. The van der Waals surface area contributed by atoms with Crippen molar-refractivity contribution in [2.75, 3.05) is 13.6 Å². The van der Waals surface area contributed by atoms with Crippen LogP contribution in [0.5, 0.6) is 0 Å². The molecule has 0 fully saturated rings. The Morgan fingerprint density at radius 1 is 1.04 bits per heavy atom. The lowest BCUT2D eigenvalue weighted by Crippen LogP contribution is -2.27. The van der Waals surface area contributed by atoms with Gasteiger partial charge in [0.25, 0.3) is 11.8 Å². The standard InChI is InChI=1S/C19H22N2O3/c1-3-21(2)19(24)15-10-6-9-14(11-15)18(23)20-12-16-7-4-5-8-17(16)13-22/h4-11,22H,3,12-13H2,1-2H3,(H,20,23). The second-order valence-electron chi connectivity index (χ2n) is 5.51. The number of benzene rings is 2. The van der Waals surface area contributed by atoms with Gasteiger partial charge >= 0.3 is 0 Å². The van der Waals surface area contributed by atoms with E-state index in [1.54, 1.807) is 36.2 Å². The highest BCUT2D eigenvalue weighted by molar-refractivity contribution is 5.99. The van der Waals surface area contributed by atoms with Crippen LogP contribution in [-0.2, 0) is 13.2 Å². The van der Waals surface area contributed by atoms with Gasteiger partial charge in [0.05, 0.1) is 6.61 Å². The number of amides is 2. The van der Waals surface area contributed by atoms with Crippen molar-refractivity contribution in [2.24, 2.45) is 0 Å². The minimum atomic E-state index is -0.253. The van der Waals surface area contributed by atoms with Gasteiger partial charge in [-0.25, -0.2) is 0 Å². The fourth-order valence-electron chi connectivity index (χ4n) is 2.32. The molecule has 0 spiro atoms. The van der Waals surface area contributed by atoms with Crippen molar-refractivity contribution in [3.63, 3.8) is 0 Å². The Kier molecular flexibility index (Phi) is 6.09. The van der Waals surface area contributed by atoms with Gasteiger partial charge in [0.15, 0.2) is 0 Å². The largest absolute Gasteiger partial charge is 0.392 e. The van der Waals surface area contributed by atoms with Gasteiger partial charge in [-0.3, -0.25) is 9.59 Å². The van der Waals surface area contributed by atoms with Crippen molar-refractivity contribution < 1.29 is 14.7 Å². The van der Waals surface area contributed by atoms with Gasteiger partial charge in [0, 0.05) is 31.3 Å². The molecule has 0 heterocycles. The van der Waals surface area contributed by atoms with Gasteiger partial charge in [-0.1, -0.05) is 30.3 Å². The Morgan fingerprint density at radius 2 is 1.71 bits per heavy atom. The summed E-state index contributed by atoms with van der Waals surface area (Å²) >= 11 is 0. The van der Waals surface area contributed by atoms with Crippen molar-refractivity contribution in [3.05, 3.63) is 70.8 Å². The third-order valence-electron chi connectivity index (χ3n) is 3.92. The molecule has 0 aliphatic carbocycles. The lowest BCUT2D eigenvalue weighted by molar-refractivity contribution is 0.0802. The maximum absolute atomic E-state index is 12.3. The summed E-state index contributed by atoms with van der Waals surface area (Å²) in [6.45, 7) is 2.75. The van der Waals surface area contributed by atoms with Gasteiger partial charge in [-0.2, -0.15) is 0 Å². The Hall–Kier alpha value is -2.66. The van der Waals surface area contributed by atoms with E-state index in [4.69, 9.17) is 0 Å². The number of nitrogens with one attached hydrogen (secondary N) is 1. The first-order valence-electron chi connectivity index (χ1n) is 7.88. The molecule has 24 heavy (non-hydrogen) atoms. The van der Waals surface area contributed by atoms with Crippen molar-refractivity contribution in [2.45, 2.75) is 20.1 Å². The molecule has 2 amide bonds. The molecule has 0 saturated heterocycles. The first-order valence-corrected chi connectivity index (χ1v) is 7.88. The van der Waals surface area contributed by atoms with Gasteiger partial charge in [0.2, 0.25) is 0 Å². The quantitative estimate of drug-likeness (QED) is 0.855. The highest BCUT2D eigenvalue weighted by atomic mass is 16.3. The molecule has 0 aliphatic heterocycles. The molecule has 0 saturated carbocycles. The first kappa shape index (κ1) is 17.7. The van der Waals surface area contributed by atoms with Crippen molar-refractivity contribution in [1.82, 2.24) is 10.2 Å². The molecule has 0 radical (unpaired) electrons. The fourth-order valence-corrected chi connectivity index (χ4v) is 2.32. The molecule has 126 valence electrons. The zero-order chi connectivity index (χ0) is 17.5. The maximum Gasteiger partial charge on any atom is 0.253 e. The van der Waals surface area contributed by atoms with E-state index in [0.29, 0.717) is 24.2 Å². The predicted molar refractivity (Wildman–Crippen MR) is 92.6 cm³/mol. The molecule has 2 rings (SSSR count). The summed E-state index contributed by atoms with van der Waals surface area (Å²) < 4.78 is 0. The molecule has 0 aliphatic rings. The van der Waals surface area contributed by atoms with E-state index in [2.05, 4.69) is 5.32 Å². The number of hydrogen-bond donors (Lipinski definition) is 2. The predicted octanol–water partition coefficient (Wildman–Crippen LogP) is 2.20. The van der Waals surface area contributed by atoms with E-state index >= 15 is 0 Å². The van der Waals surface area contributed by atoms with Crippen LogP contribution < -0.4 is 5.32 Å². The number of carbonyl (C=O) groups is 2. The van der Waals surface area contributed by atoms with Crippen LogP contribution in [0.2, 0.25) is 0 Å². The number of hydrogen-bond acceptors (Lipinski definition) is 3. The molecule has 0 atom stereocenters. The monoisotopic (exact) mass is 326 g/mol. The van der Waals surface area contributed by atoms with E-state index in [9.17, 15) is 14.7 Å². The Labute approximate surface area is 141 Å². The van der Waals surface area contributed by atoms with Crippen LogP contribution in [0.25, 0.3) is 0 Å². The smallest absolute Gasteiger partial charge is 0.253 e. The third-order valence-corrected chi connectivity index (χ3v) is 3.92. The Morgan fingerprint density at radius 3 is 2.38 bits per heavy atom. The fraction of sp³-hybridized carbons (Fsp3) is 0.263. The maximum atomic E-state index is 12.3. The molecule has 0 unspecified atom stereocenters. The summed E-state index contributed by atoms with van der Waals surface area (Å²) in [6.07, 6.45) is 0. The summed E-state index contributed by atoms with van der Waals surface area (Å²) in [4.78, 5) is 26.1. The Balaban J connectivity index is 2.09. The molecule has 2 aromatic rings. The zero-order valence-electron chi connectivity index (χ0n) is 14.0. The molecule has 5 nitrogen and oxygen atoms in total. The summed E-state index contributed by atoms with van der Waals surface area (Å²) in [6, 6.07) is 14.1. The van der Waals surface area contributed by atoms with Crippen LogP contribution in [-0.4, -0.2) is 35.4 Å². The number of aliphatic hydroxyl groups excluding tert-OH is 1. The number of rotatable bonds is 6. The molecule has 2 N–H and O–H groups in total.